The fourth-order valence-electron chi connectivity index (χ4n) is 3.05. The van der Waals surface area contributed by atoms with Gasteiger partial charge in [0, 0.05) is 12.2 Å². The Bertz CT molecular complexity index is 1030. The second-order valence-electron chi connectivity index (χ2n) is 7.40. The summed E-state index contributed by atoms with van der Waals surface area (Å²) in [4.78, 5) is 26.6. The molecule has 8 heteroatoms. The summed E-state index contributed by atoms with van der Waals surface area (Å²) in [5.41, 5.74) is 4.14. The standard InChI is InChI=1S/C23H27N5O2S/c1-4-18-7-5-6-8-19(18)25-20(29)14-28(3)15-21-26-27-23(31-21)22(30)24-13-17-11-9-16(2)10-12-17/h5-12H,4,13-15H2,1-3H3,(H,24,30)(H,25,29). The number of nitrogens with one attached hydrogen (secondary N) is 2. The van der Waals surface area contributed by atoms with Gasteiger partial charge in [-0.25, -0.2) is 0 Å². The smallest absolute Gasteiger partial charge is 0.282 e. The molecule has 2 aromatic carbocycles. The number of anilines is 1. The van der Waals surface area contributed by atoms with E-state index in [0.29, 0.717) is 23.1 Å². The third-order valence-electron chi connectivity index (χ3n) is 4.73. The molecule has 162 valence electrons. The number of rotatable bonds is 9. The van der Waals surface area contributed by atoms with Crippen molar-refractivity contribution in [2.24, 2.45) is 0 Å². The predicted molar refractivity (Wildman–Crippen MR) is 123 cm³/mol. The van der Waals surface area contributed by atoms with E-state index in [-0.39, 0.29) is 18.4 Å². The van der Waals surface area contributed by atoms with Crippen molar-refractivity contribution in [1.29, 1.82) is 0 Å². The Balaban J connectivity index is 1.48. The molecule has 0 unspecified atom stereocenters. The van der Waals surface area contributed by atoms with Gasteiger partial charge >= 0.3 is 0 Å². The highest BCUT2D eigenvalue weighted by Crippen LogP contribution is 2.16. The Labute approximate surface area is 186 Å². The molecule has 0 spiro atoms. The highest BCUT2D eigenvalue weighted by Gasteiger charge is 2.15. The van der Waals surface area contributed by atoms with Gasteiger partial charge in [0.05, 0.1) is 13.1 Å². The summed E-state index contributed by atoms with van der Waals surface area (Å²) >= 11 is 1.24. The first-order valence-corrected chi connectivity index (χ1v) is 11.0. The van der Waals surface area contributed by atoms with Gasteiger partial charge in [0.2, 0.25) is 10.9 Å². The van der Waals surface area contributed by atoms with Gasteiger partial charge in [0.15, 0.2) is 0 Å². The number of aryl methyl sites for hydroxylation is 2. The summed E-state index contributed by atoms with van der Waals surface area (Å²) in [5.74, 6) is -0.343. The van der Waals surface area contributed by atoms with Gasteiger partial charge in [-0.15, -0.1) is 10.2 Å². The zero-order valence-electron chi connectivity index (χ0n) is 18.0. The Morgan fingerprint density at radius 3 is 2.55 bits per heavy atom. The molecule has 0 aliphatic rings. The minimum atomic E-state index is -0.249. The Kier molecular flexibility index (Phi) is 7.86. The lowest BCUT2D eigenvalue weighted by molar-refractivity contribution is -0.117. The van der Waals surface area contributed by atoms with Crippen LogP contribution in [0.25, 0.3) is 0 Å². The van der Waals surface area contributed by atoms with E-state index in [0.717, 1.165) is 23.2 Å². The SMILES string of the molecule is CCc1ccccc1NC(=O)CN(C)Cc1nnc(C(=O)NCc2ccc(C)cc2)s1. The van der Waals surface area contributed by atoms with Crippen LogP contribution in [0, 0.1) is 6.92 Å². The third-order valence-corrected chi connectivity index (χ3v) is 5.63. The predicted octanol–water partition coefficient (Wildman–Crippen LogP) is 3.41. The van der Waals surface area contributed by atoms with E-state index in [2.05, 4.69) is 27.8 Å². The molecule has 31 heavy (non-hydrogen) atoms. The average molecular weight is 438 g/mol. The van der Waals surface area contributed by atoms with Gasteiger partial charge in [0.1, 0.15) is 5.01 Å². The second-order valence-corrected chi connectivity index (χ2v) is 8.46. The summed E-state index contributed by atoms with van der Waals surface area (Å²) in [6.07, 6.45) is 0.853. The average Bonchev–Trinajstić information content (AvgIpc) is 3.21. The van der Waals surface area contributed by atoms with Crippen molar-refractivity contribution >= 4 is 28.8 Å². The normalized spacial score (nSPS) is 10.8. The summed E-state index contributed by atoms with van der Waals surface area (Å²) < 4.78 is 0. The number of aromatic nitrogens is 2. The van der Waals surface area contributed by atoms with Crippen LogP contribution in [0.4, 0.5) is 5.69 Å². The van der Waals surface area contributed by atoms with Gasteiger partial charge in [-0.2, -0.15) is 0 Å². The maximum absolute atomic E-state index is 12.4. The van der Waals surface area contributed by atoms with Crippen molar-refractivity contribution < 1.29 is 9.59 Å². The minimum Gasteiger partial charge on any atom is -0.346 e. The molecule has 0 aliphatic heterocycles. The highest BCUT2D eigenvalue weighted by atomic mass is 32.1. The number of nitrogens with zero attached hydrogens (tertiary/aromatic N) is 3. The van der Waals surface area contributed by atoms with E-state index < -0.39 is 0 Å². The molecule has 3 aromatic rings. The van der Waals surface area contributed by atoms with Crippen molar-refractivity contribution in [1.82, 2.24) is 20.4 Å². The van der Waals surface area contributed by atoms with Gasteiger partial charge < -0.3 is 10.6 Å². The van der Waals surface area contributed by atoms with Crippen LogP contribution in [0.5, 0.6) is 0 Å². The Morgan fingerprint density at radius 2 is 1.81 bits per heavy atom. The molecule has 7 nitrogen and oxygen atoms in total. The molecule has 0 bridgehead atoms. The van der Waals surface area contributed by atoms with Crippen LogP contribution in [0.2, 0.25) is 0 Å². The molecule has 2 amide bonds. The first-order valence-electron chi connectivity index (χ1n) is 10.2. The summed E-state index contributed by atoms with van der Waals surface area (Å²) in [6, 6.07) is 15.8. The lowest BCUT2D eigenvalue weighted by Gasteiger charge is -2.15. The van der Waals surface area contributed by atoms with E-state index >= 15 is 0 Å². The van der Waals surface area contributed by atoms with E-state index in [4.69, 9.17) is 0 Å². The number of carbonyl (C=O) groups is 2. The molecule has 0 fully saturated rings. The van der Waals surface area contributed by atoms with E-state index in [1.165, 1.54) is 16.9 Å². The number of benzene rings is 2. The summed E-state index contributed by atoms with van der Waals surface area (Å²) in [7, 11) is 1.84. The number of hydrogen-bond acceptors (Lipinski definition) is 6. The molecular weight excluding hydrogens is 410 g/mol. The molecule has 0 aliphatic carbocycles. The van der Waals surface area contributed by atoms with Crippen molar-refractivity contribution in [3.05, 3.63) is 75.2 Å². The molecule has 3 rings (SSSR count). The van der Waals surface area contributed by atoms with Crippen LogP contribution in [0.3, 0.4) is 0 Å². The largest absolute Gasteiger partial charge is 0.346 e. The van der Waals surface area contributed by atoms with Gasteiger partial charge in [-0.05, 0) is 37.6 Å². The molecule has 0 radical (unpaired) electrons. The fourth-order valence-corrected chi connectivity index (χ4v) is 3.88. The van der Waals surface area contributed by atoms with Crippen molar-refractivity contribution in [2.75, 3.05) is 18.9 Å². The van der Waals surface area contributed by atoms with Crippen molar-refractivity contribution in [3.63, 3.8) is 0 Å². The maximum atomic E-state index is 12.4. The third kappa shape index (κ3) is 6.70. The highest BCUT2D eigenvalue weighted by molar-refractivity contribution is 7.13. The van der Waals surface area contributed by atoms with Gasteiger partial charge in [-0.3, -0.25) is 14.5 Å². The number of hydrogen-bond donors (Lipinski definition) is 2. The van der Waals surface area contributed by atoms with Gasteiger partial charge in [0.25, 0.3) is 5.91 Å². The van der Waals surface area contributed by atoms with E-state index in [9.17, 15) is 9.59 Å². The molecule has 0 saturated heterocycles. The molecule has 2 N–H and O–H groups in total. The quantitative estimate of drug-likeness (QED) is 0.536. The van der Waals surface area contributed by atoms with Crippen molar-refractivity contribution in [2.45, 2.75) is 33.4 Å². The van der Waals surface area contributed by atoms with Gasteiger partial charge in [-0.1, -0.05) is 66.3 Å². The lowest BCUT2D eigenvalue weighted by Crippen LogP contribution is -2.30. The maximum Gasteiger partial charge on any atom is 0.282 e. The van der Waals surface area contributed by atoms with E-state index in [1.807, 2.05) is 67.4 Å². The van der Waals surface area contributed by atoms with Crippen LogP contribution in [0.15, 0.2) is 48.5 Å². The number of carbonyl (C=O) groups excluding carboxylic acids is 2. The molecule has 1 aromatic heterocycles. The number of para-hydroxylation sites is 1. The monoisotopic (exact) mass is 437 g/mol. The number of amides is 2. The topological polar surface area (TPSA) is 87.2 Å². The Hall–Kier alpha value is -3.10. The van der Waals surface area contributed by atoms with Crippen LogP contribution >= 0.6 is 11.3 Å². The van der Waals surface area contributed by atoms with Crippen LogP contribution < -0.4 is 10.6 Å². The lowest BCUT2D eigenvalue weighted by atomic mass is 10.1. The molecule has 0 atom stereocenters. The van der Waals surface area contributed by atoms with Crippen LogP contribution in [0.1, 0.15) is 38.4 Å². The summed E-state index contributed by atoms with van der Waals surface area (Å²) in [5, 5.41) is 14.9. The van der Waals surface area contributed by atoms with Crippen molar-refractivity contribution in [3.8, 4) is 0 Å². The second kappa shape index (κ2) is 10.8. The first kappa shape index (κ1) is 22.6. The minimum absolute atomic E-state index is 0.0935. The number of likely N-dealkylation sites (N-methyl/N-ethyl adjacent to an activating group) is 1. The zero-order valence-corrected chi connectivity index (χ0v) is 18.8. The van der Waals surface area contributed by atoms with E-state index in [1.54, 1.807) is 0 Å². The Morgan fingerprint density at radius 1 is 1.06 bits per heavy atom. The van der Waals surface area contributed by atoms with Crippen LogP contribution in [-0.2, 0) is 24.3 Å². The first-order chi connectivity index (χ1) is 14.9. The molecular formula is C23H27N5O2S. The fraction of sp³-hybridized carbons (Fsp3) is 0.304. The summed E-state index contributed by atoms with van der Waals surface area (Å²) in [6.45, 7) is 5.17. The zero-order chi connectivity index (χ0) is 22.2. The molecule has 0 saturated carbocycles. The van der Waals surface area contributed by atoms with Crippen LogP contribution in [-0.4, -0.2) is 40.5 Å². The molecule has 1 heterocycles.